The summed E-state index contributed by atoms with van der Waals surface area (Å²) < 4.78 is 10.3. The molecular formula is C19H36O3. The van der Waals surface area contributed by atoms with Gasteiger partial charge >= 0.3 is 5.97 Å². The van der Waals surface area contributed by atoms with E-state index in [1.807, 2.05) is 0 Å². The van der Waals surface area contributed by atoms with Gasteiger partial charge in [0.1, 0.15) is 0 Å². The molecule has 0 aromatic heterocycles. The molecule has 130 valence electrons. The van der Waals surface area contributed by atoms with E-state index in [1.54, 1.807) is 0 Å². The third-order valence-corrected chi connectivity index (χ3v) is 4.63. The minimum absolute atomic E-state index is 0.0726. The quantitative estimate of drug-likeness (QED) is 0.230. The maximum atomic E-state index is 10.9. The van der Waals surface area contributed by atoms with Crippen LogP contribution >= 0.6 is 0 Å². The molecule has 1 aliphatic rings. The summed E-state index contributed by atoms with van der Waals surface area (Å²) in [7, 11) is 1.46. The Kier molecular flexibility index (Phi) is 11.4. The van der Waals surface area contributed by atoms with Gasteiger partial charge in [-0.15, -0.1) is 0 Å². The summed E-state index contributed by atoms with van der Waals surface area (Å²) in [6.07, 6.45) is 18.4. The highest BCUT2D eigenvalue weighted by molar-refractivity contribution is 5.68. The SMILES string of the molecule is CCCC[C@@H]1O[C@H]1CCCCCCCCCCCC(=O)OC. The fourth-order valence-corrected chi connectivity index (χ4v) is 3.05. The number of epoxide rings is 1. The predicted molar refractivity (Wildman–Crippen MR) is 91.0 cm³/mol. The van der Waals surface area contributed by atoms with Crippen LogP contribution in [0.5, 0.6) is 0 Å². The van der Waals surface area contributed by atoms with Crippen LogP contribution in [-0.2, 0) is 14.3 Å². The first-order valence-corrected chi connectivity index (χ1v) is 9.50. The summed E-state index contributed by atoms with van der Waals surface area (Å²) in [6, 6.07) is 0. The van der Waals surface area contributed by atoms with Crippen molar-refractivity contribution in [2.24, 2.45) is 0 Å². The van der Waals surface area contributed by atoms with E-state index in [2.05, 4.69) is 11.7 Å². The van der Waals surface area contributed by atoms with Gasteiger partial charge in [-0.3, -0.25) is 4.79 Å². The van der Waals surface area contributed by atoms with Crippen molar-refractivity contribution in [2.45, 2.75) is 109 Å². The van der Waals surface area contributed by atoms with Gasteiger partial charge in [0, 0.05) is 6.42 Å². The van der Waals surface area contributed by atoms with Crippen molar-refractivity contribution in [3.05, 3.63) is 0 Å². The van der Waals surface area contributed by atoms with Crippen molar-refractivity contribution >= 4 is 5.97 Å². The van der Waals surface area contributed by atoms with Gasteiger partial charge in [0.25, 0.3) is 0 Å². The number of carbonyl (C=O) groups excluding carboxylic acids is 1. The summed E-state index contributed by atoms with van der Waals surface area (Å²) in [5.41, 5.74) is 0. The van der Waals surface area contributed by atoms with Gasteiger partial charge in [0.2, 0.25) is 0 Å². The van der Waals surface area contributed by atoms with Crippen LogP contribution in [-0.4, -0.2) is 25.3 Å². The largest absolute Gasteiger partial charge is 0.469 e. The molecule has 0 amide bonds. The van der Waals surface area contributed by atoms with E-state index in [0.717, 1.165) is 12.8 Å². The van der Waals surface area contributed by atoms with Gasteiger partial charge in [-0.1, -0.05) is 71.1 Å². The van der Waals surface area contributed by atoms with Gasteiger partial charge in [0.05, 0.1) is 19.3 Å². The molecule has 3 nitrogen and oxygen atoms in total. The fraction of sp³-hybridized carbons (Fsp3) is 0.947. The van der Waals surface area contributed by atoms with Gasteiger partial charge < -0.3 is 9.47 Å². The Bertz CT molecular complexity index is 278. The second kappa shape index (κ2) is 12.9. The Balaban J connectivity index is 1.71. The molecule has 3 heteroatoms. The number of rotatable bonds is 15. The standard InChI is InChI=1S/C19H36O3/c1-3-4-14-17-18(22-17)15-12-10-8-6-5-7-9-11-13-16-19(20)21-2/h17-18H,3-16H2,1-2H3/t17-,18-/m0/s1. The first-order chi connectivity index (χ1) is 10.8. The number of unbranched alkanes of at least 4 members (excludes halogenated alkanes) is 9. The molecule has 0 aromatic carbocycles. The zero-order valence-electron chi connectivity index (χ0n) is 14.8. The van der Waals surface area contributed by atoms with E-state index in [-0.39, 0.29) is 5.97 Å². The zero-order chi connectivity index (χ0) is 16.0. The van der Waals surface area contributed by atoms with Crippen LogP contribution in [0.3, 0.4) is 0 Å². The third-order valence-electron chi connectivity index (χ3n) is 4.63. The first kappa shape index (κ1) is 19.5. The maximum absolute atomic E-state index is 10.9. The Hall–Kier alpha value is -0.570. The van der Waals surface area contributed by atoms with Gasteiger partial charge in [-0.25, -0.2) is 0 Å². The molecule has 0 bridgehead atoms. The van der Waals surface area contributed by atoms with E-state index in [4.69, 9.17) is 4.74 Å². The number of esters is 1. The normalized spacial score (nSPS) is 20.1. The third kappa shape index (κ3) is 10.2. The molecule has 22 heavy (non-hydrogen) atoms. The average molecular weight is 312 g/mol. The molecule has 1 fully saturated rings. The minimum atomic E-state index is -0.0726. The highest BCUT2D eigenvalue weighted by Gasteiger charge is 2.36. The molecule has 0 radical (unpaired) electrons. The molecular weight excluding hydrogens is 276 g/mol. The Morgan fingerprint density at radius 3 is 1.86 bits per heavy atom. The van der Waals surface area contributed by atoms with E-state index in [0.29, 0.717) is 18.6 Å². The lowest BCUT2D eigenvalue weighted by Gasteiger charge is -2.02. The van der Waals surface area contributed by atoms with Crippen LogP contribution < -0.4 is 0 Å². The number of hydrogen-bond donors (Lipinski definition) is 0. The molecule has 0 unspecified atom stereocenters. The maximum Gasteiger partial charge on any atom is 0.305 e. The molecule has 1 rings (SSSR count). The second-order valence-electron chi connectivity index (χ2n) is 6.65. The highest BCUT2D eigenvalue weighted by Crippen LogP contribution is 2.31. The lowest BCUT2D eigenvalue weighted by molar-refractivity contribution is -0.140. The summed E-state index contributed by atoms with van der Waals surface area (Å²) in [6.45, 7) is 2.25. The fourth-order valence-electron chi connectivity index (χ4n) is 3.05. The second-order valence-corrected chi connectivity index (χ2v) is 6.65. The molecule has 1 saturated heterocycles. The van der Waals surface area contributed by atoms with Crippen molar-refractivity contribution < 1.29 is 14.3 Å². The minimum Gasteiger partial charge on any atom is -0.469 e. The van der Waals surface area contributed by atoms with Crippen molar-refractivity contribution in [1.82, 2.24) is 0 Å². The van der Waals surface area contributed by atoms with E-state index < -0.39 is 0 Å². The number of ether oxygens (including phenoxy) is 2. The van der Waals surface area contributed by atoms with Crippen LogP contribution in [0.25, 0.3) is 0 Å². The number of carbonyl (C=O) groups is 1. The van der Waals surface area contributed by atoms with Crippen LogP contribution in [0, 0.1) is 0 Å². The molecule has 0 saturated carbocycles. The summed E-state index contributed by atoms with van der Waals surface area (Å²) >= 11 is 0. The zero-order valence-corrected chi connectivity index (χ0v) is 14.8. The molecule has 0 spiro atoms. The Morgan fingerprint density at radius 2 is 1.32 bits per heavy atom. The molecule has 2 atom stereocenters. The van der Waals surface area contributed by atoms with Gasteiger partial charge in [0.15, 0.2) is 0 Å². The number of hydrogen-bond acceptors (Lipinski definition) is 3. The lowest BCUT2D eigenvalue weighted by atomic mass is 10.0. The monoisotopic (exact) mass is 312 g/mol. The number of methoxy groups -OCH3 is 1. The van der Waals surface area contributed by atoms with E-state index >= 15 is 0 Å². The van der Waals surface area contributed by atoms with Crippen LogP contribution in [0.4, 0.5) is 0 Å². The van der Waals surface area contributed by atoms with Gasteiger partial charge in [-0.2, -0.15) is 0 Å². The Labute approximate surface area is 137 Å². The van der Waals surface area contributed by atoms with Crippen molar-refractivity contribution in [1.29, 1.82) is 0 Å². The lowest BCUT2D eigenvalue weighted by Crippen LogP contribution is -1.99. The smallest absolute Gasteiger partial charge is 0.305 e. The molecule has 0 aromatic rings. The summed E-state index contributed by atoms with van der Waals surface area (Å²) in [4.78, 5) is 10.9. The topological polar surface area (TPSA) is 38.8 Å². The van der Waals surface area contributed by atoms with Crippen molar-refractivity contribution in [2.75, 3.05) is 7.11 Å². The van der Waals surface area contributed by atoms with Gasteiger partial charge in [-0.05, 0) is 19.3 Å². The summed E-state index contributed by atoms with van der Waals surface area (Å²) in [5, 5.41) is 0. The first-order valence-electron chi connectivity index (χ1n) is 9.50. The molecule has 1 heterocycles. The average Bonchev–Trinajstić information content (AvgIpc) is 3.28. The molecule has 1 aliphatic heterocycles. The van der Waals surface area contributed by atoms with Crippen LogP contribution in [0.1, 0.15) is 96.8 Å². The highest BCUT2D eigenvalue weighted by atomic mass is 16.6. The summed E-state index contributed by atoms with van der Waals surface area (Å²) in [5.74, 6) is -0.0726. The van der Waals surface area contributed by atoms with Crippen LogP contribution in [0.15, 0.2) is 0 Å². The Morgan fingerprint density at radius 1 is 0.818 bits per heavy atom. The predicted octanol–water partition coefficient (Wildman–Crippen LogP) is 5.41. The molecule has 0 N–H and O–H groups in total. The van der Waals surface area contributed by atoms with E-state index in [9.17, 15) is 4.79 Å². The van der Waals surface area contributed by atoms with Crippen molar-refractivity contribution in [3.63, 3.8) is 0 Å². The molecule has 0 aliphatic carbocycles. The van der Waals surface area contributed by atoms with Crippen LogP contribution in [0.2, 0.25) is 0 Å². The van der Waals surface area contributed by atoms with Crippen molar-refractivity contribution in [3.8, 4) is 0 Å². The van der Waals surface area contributed by atoms with E-state index in [1.165, 1.54) is 77.7 Å².